The van der Waals surface area contributed by atoms with Crippen molar-refractivity contribution in [1.29, 1.82) is 0 Å². The zero-order valence-corrected chi connectivity index (χ0v) is 10.9. The number of hydrogen-bond donors (Lipinski definition) is 1. The molecule has 0 atom stereocenters. The summed E-state index contributed by atoms with van der Waals surface area (Å²) in [5.74, 6) is 0. The molecule has 0 saturated heterocycles. The number of hydrogen-bond acceptors (Lipinski definition) is 4. The van der Waals surface area contributed by atoms with E-state index in [1.54, 1.807) is 6.33 Å². The van der Waals surface area contributed by atoms with Crippen LogP contribution in [-0.4, -0.2) is 45.1 Å². The first-order valence-corrected chi connectivity index (χ1v) is 6.12. The zero-order valence-electron chi connectivity index (χ0n) is 10.9. The van der Waals surface area contributed by atoms with Gasteiger partial charge in [-0.15, -0.1) is 0 Å². The van der Waals surface area contributed by atoms with Crippen molar-refractivity contribution in [2.75, 3.05) is 20.6 Å². The van der Waals surface area contributed by atoms with Crippen LogP contribution in [0.25, 0.3) is 21.9 Å². The second-order valence-corrected chi connectivity index (χ2v) is 4.83. The first-order valence-electron chi connectivity index (χ1n) is 6.12. The Kier molecular flexibility index (Phi) is 2.79. The summed E-state index contributed by atoms with van der Waals surface area (Å²) in [5, 5.41) is 0.599. The fourth-order valence-corrected chi connectivity index (χ4v) is 2.11. The fraction of sp³-hybridized carbons (Fsp3) is 0.308. The van der Waals surface area contributed by atoms with Crippen LogP contribution in [0.15, 0.2) is 29.6 Å². The van der Waals surface area contributed by atoms with Crippen molar-refractivity contribution in [3.05, 3.63) is 35.1 Å². The number of aromatic nitrogens is 4. The number of fused-ring (bicyclic) bond motifs is 2. The summed E-state index contributed by atoms with van der Waals surface area (Å²) in [6.07, 6.45) is 3.22. The van der Waals surface area contributed by atoms with Gasteiger partial charge in [0.15, 0.2) is 0 Å². The standard InChI is InChI=1S/C13H15N5O/c1-17(2)3-4-18-8-16-11-6-10-9(5-12(11)18)13(19)15-7-14-10/h5-8H,3-4H2,1-2H3,(H,14,15,19). The Bertz CT molecular complexity index is 786. The lowest BCUT2D eigenvalue weighted by Gasteiger charge is -2.10. The van der Waals surface area contributed by atoms with Gasteiger partial charge in [0.1, 0.15) is 0 Å². The van der Waals surface area contributed by atoms with Gasteiger partial charge in [-0.25, -0.2) is 9.97 Å². The molecule has 3 aromatic rings. The number of nitrogens with one attached hydrogen (secondary N) is 1. The minimum Gasteiger partial charge on any atom is -0.329 e. The molecular formula is C13H15N5O. The van der Waals surface area contributed by atoms with Crippen LogP contribution >= 0.6 is 0 Å². The number of likely N-dealkylation sites (N-methyl/N-ethyl adjacent to an activating group) is 1. The van der Waals surface area contributed by atoms with E-state index in [1.165, 1.54) is 6.33 Å². The normalized spacial score (nSPS) is 11.7. The zero-order chi connectivity index (χ0) is 13.4. The summed E-state index contributed by atoms with van der Waals surface area (Å²) < 4.78 is 2.06. The molecule has 98 valence electrons. The molecule has 0 aliphatic rings. The SMILES string of the molecule is CN(C)CCn1cnc2cc3nc[nH]c(=O)c3cc21. The molecule has 6 nitrogen and oxygen atoms in total. The van der Waals surface area contributed by atoms with E-state index in [4.69, 9.17) is 0 Å². The largest absolute Gasteiger partial charge is 0.329 e. The molecule has 0 aliphatic heterocycles. The number of H-pyrrole nitrogens is 1. The molecule has 0 aliphatic carbocycles. The third-order valence-corrected chi connectivity index (χ3v) is 3.17. The summed E-state index contributed by atoms with van der Waals surface area (Å²) in [7, 11) is 4.06. The van der Waals surface area contributed by atoms with Gasteiger partial charge in [0.05, 0.1) is 34.6 Å². The van der Waals surface area contributed by atoms with Crippen LogP contribution in [0.4, 0.5) is 0 Å². The van der Waals surface area contributed by atoms with Gasteiger partial charge in [-0.05, 0) is 26.2 Å². The number of nitrogens with zero attached hydrogens (tertiary/aromatic N) is 4. The van der Waals surface area contributed by atoms with Crippen LogP contribution in [0.1, 0.15) is 0 Å². The first kappa shape index (κ1) is 11.9. The summed E-state index contributed by atoms with van der Waals surface area (Å²) in [6, 6.07) is 3.71. The minimum atomic E-state index is -0.118. The summed E-state index contributed by atoms with van der Waals surface area (Å²) in [6.45, 7) is 1.76. The Balaban J connectivity index is 2.16. The second kappa shape index (κ2) is 4.47. The summed E-state index contributed by atoms with van der Waals surface area (Å²) in [4.78, 5) is 25.0. The van der Waals surface area contributed by atoms with Gasteiger partial charge in [-0.1, -0.05) is 0 Å². The minimum absolute atomic E-state index is 0.118. The van der Waals surface area contributed by atoms with Crippen LogP contribution in [0.5, 0.6) is 0 Å². The monoisotopic (exact) mass is 257 g/mol. The predicted octanol–water partition coefficient (Wildman–Crippen LogP) is 0.834. The molecule has 0 fully saturated rings. The molecule has 19 heavy (non-hydrogen) atoms. The Morgan fingerprint density at radius 1 is 1.26 bits per heavy atom. The number of imidazole rings is 1. The molecule has 2 heterocycles. The lowest BCUT2D eigenvalue weighted by atomic mass is 10.2. The number of benzene rings is 1. The van der Waals surface area contributed by atoms with E-state index in [-0.39, 0.29) is 5.56 Å². The number of aromatic amines is 1. The smallest absolute Gasteiger partial charge is 0.258 e. The van der Waals surface area contributed by atoms with E-state index >= 15 is 0 Å². The Morgan fingerprint density at radius 2 is 2.11 bits per heavy atom. The van der Waals surface area contributed by atoms with Crippen molar-refractivity contribution in [2.24, 2.45) is 0 Å². The van der Waals surface area contributed by atoms with E-state index in [0.29, 0.717) is 10.9 Å². The molecule has 0 amide bonds. The maximum Gasteiger partial charge on any atom is 0.258 e. The quantitative estimate of drug-likeness (QED) is 0.755. The average Bonchev–Trinajstić information content (AvgIpc) is 2.77. The second-order valence-electron chi connectivity index (χ2n) is 4.83. The highest BCUT2D eigenvalue weighted by Gasteiger charge is 2.07. The highest BCUT2D eigenvalue weighted by atomic mass is 16.1. The van der Waals surface area contributed by atoms with E-state index in [9.17, 15) is 4.79 Å². The molecule has 0 saturated carbocycles. The van der Waals surface area contributed by atoms with Crippen LogP contribution < -0.4 is 5.56 Å². The van der Waals surface area contributed by atoms with Crippen molar-refractivity contribution in [3.63, 3.8) is 0 Å². The Hall–Kier alpha value is -2.21. The highest BCUT2D eigenvalue weighted by Crippen LogP contribution is 2.18. The third kappa shape index (κ3) is 2.10. The molecule has 1 N–H and O–H groups in total. The predicted molar refractivity (Wildman–Crippen MR) is 74.2 cm³/mol. The van der Waals surface area contributed by atoms with E-state index in [1.807, 2.05) is 26.2 Å². The van der Waals surface area contributed by atoms with Gasteiger partial charge in [-0.2, -0.15) is 0 Å². The third-order valence-electron chi connectivity index (χ3n) is 3.17. The van der Waals surface area contributed by atoms with Crippen molar-refractivity contribution in [3.8, 4) is 0 Å². The molecule has 0 unspecified atom stereocenters. The molecule has 0 bridgehead atoms. The van der Waals surface area contributed by atoms with Gasteiger partial charge in [0, 0.05) is 13.1 Å². The summed E-state index contributed by atoms with van der Waals surface area (Å²) >= 11 is 0. The lowest BCUT2D eigenvalue weighted by Crippen LogP contribution is -2.18. The van der Waals surface area contributed by atoms with Gasteiger partial charge < -0.3 is 14.5 Å². The Morgan fingerprint density at radius 3 is 2.89 bits per heavy atom. The Labute approximate surface area is 109 Å². The molecule has 3 rings (SSSR count). The van der Waals surface area contributed by atoms with E-state index in [0.717, 1.165) is 24.1 Å². The highest BCUT2D eigenvalue weighted by molar-refractivity contribution is 5.92. The van der Waals surface area contributed by atoms with Gasteiger partial charge >= 0.3 is 0 Å². The lowest BCUT2D eigenvalue weighted by molar-refractivity contribution is 0.386. The van der Waals surface area contributed by atoms with Gasteiger partial charge in [0.2, 0.25) is 0 Å². The maximum absolute atomic E-state index is 11.8. The van der Waals surface area contributed by atoms with E-state index in [2.05, 4.69) is 24.4 Å². The maximum atomic E-state index is 11.8. The molecule has 6 heteroatoms. The number of rotatable bonds is 3. The first-order chi connectivity index (χ1) is 9.15. The van der Waals surface area contributed by atoms with Crippen molar-refractivity contribution >= 4 is 21.9 Å². The molecule has 0 radical (unpaired) electrons. The van der Waals surface area contributed by atoms with Crippen LogP contribution in [0.3, 0.4) is 0 Å². The molecule has 1 aromatic carbocycles. The van der Waals surface area contributed by atoms with Gasteiger partial charge in [0.25, 0.3) is 5.56 Å². The van der Waals surface area contributed by atoms with Crippen molar-refractivity contribution < 1.29 is 0 Å². The fourth-order valence-electron chi connectivity index (χ4n) is 2.11. The topological polar surface area (TPSA) is 66.8 Å². The molecular weight excluding hydrogens is 242 g/mol. The van der Waals surface area contributed by atoms with Crippen LogP contribution in [-0.2, 0) is 6.54 Å². The molecule has 2 aromatic heterocycles. The van der Waals surface area contributed by atoms with Crippen LogP contribution in [0, 0.1) is 0 Å². The van der Waals surface area contributed by atoms with Gasteiger partial charge in [-0.3, -0.25) is 4.79 Å². The van der Waals surface area contributed by atoms with Crippen molar-refractivity contribution in [2.45, 2.75) is 6.54 Å². The van der Waals surface area contributed by atoms with E-state index < -0.39 is 0 Å². The molecule has 0 spiro atoms. The van der Waals surface area contributed by atoms with Crippen LogP contribution in [0.2, 0.25) is 0 Å². The van der Waals surface area contributed by atoms with Crippen molar-refractivity contribution in [1.82, 2.24) is 24.4 Å². The average molecular weight is 257 g/mol. The summed E-state index contributed by atoms with van der Waals surface area (Å²) in [5.41, 5.74) is 2.39.